The molecule has 0 fully saturated rings. The van der Waals surface area contributed by atoms with Crippen molar-refractivity contribution in [3.8, 4) is 0 Å². The fraction of sp³-hybridized carbons (Fsp3) is 0.188. The third kappa shape index (κ3) is 3.53. The van der Waals surface area contributed by atoms with Crippen LogP contribution in [0.5, 0.6) is 0 Å². The van der Waals surface area contributed by atoms with E-state index in [1.807, 2.05) is 13.0 Å². The van der Waals surface area contributed by atoms with Gasteiger partial charge in [-0.05, 0) is 36.2 Å². The maximum Gasteiger partial charge on any atom is 0.417 e. The number of hydrogen-bond donors (Lipinski definition) is 0. The Morgan fingerprint density at radius 2 is 1.86 bits per heavy atom. The number of aryl methyl sites for hydroxylation is 1. The van der Waals surface area contributed by atoms with Crippen molar-refractivity contribution in [3.05, 3.63) is 69.2 Å². The first-order valence-electron chi connectivity index (χ1n) is 6.33. The van der Waals surface area contributed by atoms with Gasteiger partial charge in [0.25, 0.3) is 0 Å². The molecule has 0 bridgehead atoms. The van der Waals surface area contributed by atoms with Crippen LogP contribution in [0.15, 0.2) is 46.9 Å². The Balaban J connectivity index is 2.53. The normalized spacial score (nSPS) is 11.5. The lowest BCUT2D eigenvalue weighted by molar-refractivity contribution is -0.137. The SMILES string of the molecule is CCc1cccc(C(=O)c2ccc(Br)cc2C(F)(F)F)c1. The fourth-order valence-corrected chi connectivity index (χ4v) is 2.40. The van der Waals surface area contributed by atoms with Gasteiger partial charge in [0.1, 0.15) is 0 Å². The minimum Gasteiger partial charge on any atom is -0.289 e. The highest BCUT2D eigenvalue weighted by Crippen LogP contribution is 2.34. The van der Waals surface area contributed by atoms with Crippen molar-refractivity contribution in [3.63, 3.8) is 0 Å². The molecule has 0 saturated heterocycles. The highest BCUT2D eigenvalue weighted by molar-refractivity contribution is 9.10. The predicted octanol–water partition coefficient (Wildman–Crippen LogP) is 5.26. The van der Waals surface area contributed by atoms with Crippen molar-refractivity contribution in [1.82, 2.24) is 0 Å². The van der Waals surface area contributed by atoms with Crippen LogP contribution in [0.25, 0.3) is 0 Å². The average molecular weight is 357 g/mol. The number of carbonyl (C=O) groups is 1. The number of carbonyl (C=O) groups excluding carboxylic acids is 1. The first kappa shape index (κ1) is 15.8. The van der Waals surface area contributed by atoms with E-state index in [1.54, 1.807) is 12.1 Å². The number of alkyl halides is 3. The highest BCUT2D eigenvalue weighted by atomic mass is 79.9. The molecule has 0 aliphatic carbocycles. The summed E-state index contributed by atoms with van der Waals surface area (Å²) in [5.74, 6) is -0.620. The van der Waals surface area contributed by atoms with Gasteiger partial charge >= 0.3 is 6.18 Å². The highest BCUT2D eigenvalue weighted by Gasteiger charge is 2.35. The molecule has 5 heteroatoms. The Hall–Kier alpha value is -1.62. The number of ketones is 1. The first-order valence-corrected chi connectivity index (χ1v) is 7.12. The van der Waals surface area contributed by atoms with E-state index >= 15 is 0 Å². The van der Waals surface area contributed by atoms with Crippen molar-refractivity contribution < 1.29 is 18.0 Å². The molecule has 0 amide bonds. The third-order valence-electron chi connectivity index (χ3n) is 3.13. The topological polar surface area (TPSA) is 17.1 Å². The largest absolute Gasteiger partial charge is 0.417 e. The Bertz CT molecular complexity index is 677. The van der Waals surface area contributed by atoms with Gasteiger partial charge in [0.2, 0.25) is 0 Å². The summed E-state index contributed by atoms with van der Waals surface area (Å²) in [6.07, 6.45) is -3.86. The van der Waals surface area contributed by atoms with Crippen LogP contribution in [-0.4, -0.2) is 5.78 Å². The minimum atomic E-state index is -4.57. The molecule has 0 aliphatic rings. The number of rotatable bonds is 3. The van der Waals surface area contributed by atoms with E-state index in [2.05, 4.69) is 15.9 Å². The molecule has 0 heterocycles. The van der Waals surface area contributed by atoms with Gasteiger partial charge < -0.3 is 0 Å². The summed E-state index contributed by atoms with van der Waals surface area (Å²) < 4.78 is 39.5. The Morgan fingerprint density at radius 1 is 1.14 bits per heavy atom. The summed E-state index contributed by atoms with van der Waals surface area (Å²) in [5.41, 5.74) is -0.0866. The van der Waals surface area contributed by atoms with Crippen LogP contribution >= 0.6 is 15.9 Å². The van der Waals surface area contributed by atoms with E-state index in [9.17, 15) is 18.0 Å². The van der Waals surface area contributed by atoms with Crippen LogP contribution in [0, 0.1) is 0 Å². The molecule has 0 spiro atoms. The second kappa shape index (κ2) is 6.02. The second-order valence-corrected chi connectivity index (χ2v) is 5.49. The van der Waals surface area contributed by atoms with E-state index in [-0.39, 0.29) is 15.6 Å². The molecular formula is C16H12BrF3O. The lowest BCUT2D eigenvalue weighted by Crippen LogP contribution is -2.14. The van der Waals surface area contributed by atoms with Crippen molar-refractivity contribution >= 4 is 21.7 Å². The van der Waals surface area contributed by atoms with E-state index < -0.39 is 17.5 Å². The van der Waals surface area contributed by atoms with E-state index in [4.69, 9.17) is 0 Å². The summed E-state index contributed by atoms with van der Waals surface area (Å²) in [5, 5.41) is 0. The standard InChI is InChI=1S/C16H12BrF3O/c1-2-10-4-3-5-11(8-10)15(21)13-7-6-12(17)9-14(13)16(18,19)20/h3-9H,2H2,1H3. The molecule has 0 saturated carbocycles. The molecular weight excluding hydrogens is 345 g/mol. The number of halogens is 4. The van der Waals surface area contributed by atoms with Crippen LogP contribution in [0.3, 0.4) is 0 Å². The third-order valence-corrected chi connectivity index (χ3v) is 3.62. The molecule has 0 atom stereocenters. The van der Waals surface area contributed by atoms with Crippen LogP contribution in [0.2, 0.25) is 0 Å². The van der Waals surface area contributed by atoms with Gasteiger partial charge in [-0.2, -0.15) is 13.2 Å². The summed E-state index contributed by atoms with van der Waals surface area (Å²) >= 11 is 3.01. The summed E-state index contributed by atoms with van der Waals surface area (Å²) in [7, 11) is 0. The average Bonchev–Trinajstić information content (AvgIpc) is 2.45. The summed E-state index contributed by atoms with van der Waals surface area (Å²) in [6, 6.07) is 10.2. The quantitative estimate of drug-likeness (QED) is 0.685. The maximum atomic E-state index is 13.1. The van der Waals surface area contributed by atoms with Crippen LogP contribution in [0.4, 0.5) is 13.2 Å². The van der Waals surface area contributed by atoms with E-state index in [1.165, 1.54) is 18.2 Å². The van der Waals surface area contributed by atoms with Gasteiger partial charge in [0.05, 0.1) is 5.56 Å². The van der Waals surface area contributed by atoms with Crippen LogP contribution in [0.1, 0.15) is 34.0 Å². The van der Waals surface area contributed by atoms with Crippen LogP contribution < -0.4 is 0 Å². The van der Waals surface area contributed by atoms with Crippen molar-refractivity contribution in [1.29, 1.82) is 0 Å². The van der Waals surface area contributed by atoms with Crippen LogP contribution in [-0.2, 0) is 12.6 Å². The van der Waals surface area contributed by atoms with Gasteiger partial charge in [-0.25, -0.2) is 0 Å². The van der Waals surface area contributed by atoms with Gasteiger partial charge in [-0.15, -0.1) is 0 Å². The molecule has 2 aromatic rings. The second-order valence-electron chi connectivity index (χ2n) is 4.57. The molecule has 21 heavy (non-hydrogen) atoms. The van der Waals surface area contributed by atoms with Crippen molar-refractivity contribution in [2.75, 3.05) is 0 Å². The lowest BCUT2D eigenvalue weighted by Gasteiger charge is -2.13. The van der Waals surface area contributed by atoms with Crippen molar-refractivity contribution in [2.45, 2.75) is 19.5 Å². The van der Waals surface area contributed by atoms with Gasteiger partial charge in [0, 0.05) is 15.6 Å². The Morgan fingerprint density at radius 3 is 2.48 bits per heavy atom. The molecule has 0 aromatic heterocycles. The molecule has 0 N–H and O–H groups in total. The number of hydrogen-bond acceptors (Lipinski definition) is 1. The molecule has 2 rings (SSSR count). The zero-order chi connectivity index (χ0) is 15.6. The van der Waals surface area contributed by atoms with Gasteiger partial charge in [0.15, 0.2) is 5.78 Å². The van der Waals surface area contributed by atoms with Crippen molar-refractivity contribution in [2.24, 2.45) is 0 Å². The zero-order valence-electron chi connectivity index (χ0n) is 11.2. The first-order chi connectivity index (χ1) is 9.82. The summed E-state index contributed by atoms with van der Waals surface area (Å²) in [4.78, 5) is 12.4. The zero-order valence-corrected chi connectivity index (χ0v) is 12.8. The Labute approximate surface area is 128 Å². The molecule has 1 nitrogen and oxygen atoms in total. The molecule has 0 aliphatic heterocycles. The molecule has 0 radical (unpaired) electrons. The smallest absolute Gasteiger partial charge is 0.289 e. The van der Waals surface area contributed by atoms with Gasteiger partial charge in [-0.3, -0.25) is 4.79 Å². The number of benzene rings is 2. The molecule has 110 valence electrons. The molecule has 0 unspecified atom stereocenters. The Kier molecular flexibility index (Phi) is 4.52. The summed E-state index contributed by atoms with van der Waals surface area (Å²) in [6.45, 7) is 1.92. The predicted molar refractivity (Wildman–Crippen MR) is 78.4 cm³/mol. The monoisotopic (exact) mass is 356 g/mol. The fourth-order valence-electron chi connectivity index (χ4n) is 2.04. The lowest BCUT2D eigenvalue weighted by atomic mass is 9.96. The van der Waals surface area contributed by atoms with E-state index in [0.29, 0.717) is 6.42 Å². The van der Waals surface area contributed by atoms with Gasteiger partial charge in [-0.1, -0.05) is 41.1 Å². The minimum absolute atomic E-state index is 0.266. The molecule has 2 aromatic carbocycles. The maximum absolute atomic E-state index is 13.1. The van der Waals surface area contributed by atoms with E-state index in [0.717, 1.165) is 11.6 Å².